The number of nitrogens with one attached hydrogen (secondary N) is 1. The Labute approximate surface area is 164 Å². The molecule has 0 radical (unpaired) electrons. The van der Waals surface area contributed by atoms with Crippen molar-refractivity contribution in [1.29, 1.82) is 0 Å². The van der Waals surface area contributed by atoms with Gasteiger partial charge in [-0.1, -0.05) is 12.7 Å². The normalized spacial score (nSPS) is 15.2. The molecule has 0 spiro atoms. The van der Waals surface area contributed by atoms with E-state index in [9.17, 15) is 18.0 Å². The summed E-state index contributed by atoms with van der Waals surface area (Å²) < 4.78 is 40.3. The van der Waals surface area contributed by atoms with Gasteiger partial charge in [0.1, 0.15) is 17.3 Å². The third-order valence-electron chi connectivity index (χ3n) is 4.46. The van der Waals surface area contributed by atoms with Crippen LogP contribution in [0.4, 0.5) is 24.8 Å². The van der Waals surface area contributed by atoms with E-state index in [0.29, 0.717) is 25.2 Å². The van der Waals surface area contributed by atoms with E-state index in [1.807, 2.05) is 0 Å². The third kappa shape index (κ3) is 4.30. The van der Waals surface area contributed by atoms with E-state index in [1.165, 1.54) is 18.3 Å². The minimum absolute atomic E-state index is 0. The van der Waals surface area contributed by atoms with Crippen LogP contribution in [0.5, 0.6) is 0 Å². The number of alkyl halides is 3. The lowest BCUT2D eigenvalue weighted by Gasteiger charge is -2.23. The molecular formula is C19H26F3N5O. The summed E-state index contributed by atoms with van der Waals surface area (Å²) in [5, 5.41) is 3.18. The van der Waals surface area contributed by atoms with Crippen LogP contribution in [0.3, 0.4) is 0 Å². The molecule has 6 nitrogen and oxygen atoms in total. The molecule has 154 valence electrons. The smallest absolute Gasteiger partial charge is 0.383 e. The molecule has 1 aliphatic heterocycles. The molecule has 2 aromatic rings. The predicted octanol–water partition coefficient (Wildman–Crippen LogP) is 3.49. The van der Waals surface area contributed by atoms with E-state index < -0.39 is 17.5 Å². The molecule has 28 heavy (non-hydrogen) atoms. The molecule has 0 unspecified atom stereocenters. The number of nitrogens with two attached hydrogens (primary N) is 1. The van der Waals surface area contributed by atoms with Gasteiger partial charge in [-0.25, -0.2) is 9.97 Å². The van der Waals surface area contributed by atoms with Crippen LogP contribution in [-0.2, 0) is 6.18 Å². The average molecular weight is 397 g/mol. The summed E-state index contributed by atoms with van der Waals surface area (Å²) >= 11 is 0. The van der Waals surface area contributed by atoms with Gasteiger partial charge in [-0.05, 0) is 36.7 Å². The second kappa shape index (κ2) is 7.97. The van der Waals surface area contributed by atoms with Crippen molar-refractivity contribution in [3.05, 3.63) is 53.4 Å². The molecule has 1 saturated heterocycles. The van der Waals surface area contributed by atoms with E-state index in [4.69, 9.17) is 5.73 Å². The Morgan fingerprint density at radius 3 is 2.79 bits per heavy atom. The van der Waals surface area contributed by atoms with Crippen LogP contribution in [0, 0.1) is 0 Å². The number of hydrogen-bond acceptors (Lipinski definition) is 6. The second-order valence-electron chi connectivity index (χ2n) is 6.42. The van der Waals surface area contributed by atoms with E-state index in [-0.39, 0.29) is 27.2 Å². The lowest BCUT2D eigenvalue weighted by atomic mass is 10.0. The van der Waals surface area contributed by atoms with Gasteiger partial charge in [-0.2, -0.15) is 13.2 Å². The first-order chi connectivity index (χ1) is 13.3. The summed E-state index contributed by atoms with van der Waals surface area (Å²) in [6.07, 6.45) is -0.949. The van der Waals surface area contributed by atoms with E-state index in [0.717, 1.165) is 25.1 Å². The first-order valence-corrected chi connectivity index (χ1v) is 8.77. The molecule has 1 fully saturated rings. The predicted molar refractivity (Wildman–Crippen MR) is 107 cm³/mol. The monoisotopic (exact) mass is 397 g/mol. The summed E-state index contributed by atoms with van der Waals surface area (Å²) in [6.45, 7) is 6.04. The fraction of sp³-hybridized carbons (Fsp3) is 0.316. The molecule has 0 aliphatic carbocycles. The molecule has 0 aromatic carbocycles. The molecule has 0 bridgehead atoms. The van der Waals surface area contributed by atoms with Crippen molar-refractivity contribution in [1.82, 2.24) is 15.3 Å². The Kier molecular flexibility index (Phi) is 5.64. The zero-order chi connectivity index (χ0) is 20.3. The lowest BCUT2D eigenvalue weighted by Crippen LogP contribution is -2.29. The Bertz CT molecular complexity index is 904. The standard InChI is InChI=1S/C19H20F3N5O.3H2/c1-2-12-8-14(18(23)25-11-12)17(28)15-9-13(19(20,21)22)10-16(26-15)27-6-3-4-24-5-7-27;;;/h2,8-11,24H,1,3-7H2,(H2,23,25);3*1H. The molecule has 3 N–H and O–H groups in total. The molecule has 0 saturated carbocycles. The van der Waals surface area contributed by atoms with Crippen LogP contribution < -0.4 is 16.0 Å². The summed E-state index contributed by atoms with van der Waals surface area (Å²) in [5.41, 5.74) is 5.05. The molecule has 1 aliphatic rings. The molecule has 0 amide bonds. The van der Waals surface area contributed by atoms with Crippen molar-refractivity contribution in [2.75, 3.05) is 36.8 Å². The van der Waals surface area contributed by atoms with Crippen LogP contribution in [0.25, 0.3) is 6.08 Å². The highest BCUT2D eigenvalue weighted by Crippen LogP contribution is 2.32. The number of anilines is 2. The van der Waals surface area contributed by atoms with Gasteiger partial charge in [0, 0.05) is 30.1 Å². The van der Waals surface area contributed by atoms with Crippen LogP contribution in [0.15, 0.2) is 31.0 Å². The zero-order valence-corrected chi connectivity index (χ0v) is 15.1. The van der Waals surface area contributed by atoms with E-state index >= 15 is 0 Å². The van der Waals surface area contributed by atoms with Gasteiger partial charge < -0.3 is 16.0 Å². The molecule has 3 heterocycles. The van der Waals surface area contributed by atoms with Gasteiger partial charge in [0.25, 0.3) is 0 Å². The lowest BCUT2D eigenvalue weighted by molar-refractivity contribution is -0.137. The molecule has 0 atom stereocenters. The average Bonchev–Trinajstić information content (AvgIpc) is 2.96. The van der Waals surface area contributed by atoms with Crippen LogP contribution in [0.1, 0.15) is 37.9 Å². The number of pyridine rings is 2. The number of halogens is 3. The second-order valence-corrected chi connectivity index (χ2v) is 6.42. The van der Waals surface area contributed by atoms with Gasteiger partial charge in [0.2, 0.25) is 5.78 Å². The number of carbonyl (C=O) groups is 1. The fourth-order valence-electron chi connectivity index (χ4n) is 2.96. The number of nitrogens with zero attached hydrogens (tertiary/aromatic N) is 3. The number of rotatable bonds is 4. The molecule has 9 heteroatoms. The van der Waals surface area contributed by atoms with Crippen molar-refractivity contribution in [2.45, 2.75) is 12.6 Å². The molecule has 2 aromatic heterocycles. The van der Waals surface area contributed by atoms with Crippen molar-refractivity contribution in [3.63, 3.8) is 0 Å². The van der Waals surface area contributed by atoms with E-state index in [2.05, 4.69) is 21.9 Å². The van der Waals surface area contributed by atoms with Crippen LogP contribution >= 0.6 is 0 Å². The van der Waals surface area contributed by atoms with Crippen LogP contribution in [-0.4, -0.2) is 41.9 Å². The Hall–Kier alpha value is -2.94. The minimum atomic E-state index is -4.61. The van der Waals surface area contributed by atoms with Crippen molar-refractivity contribution in [2.24, 2.45) is 0 Å². The summed E-state index contributed by atoms with van der Waals surface area (Å²) in [6, 6.07) is 3.17. The SMILES string of the molecule is C=Cc1cnc(N)c(C(=O)c2cc(C(F)(F)F)cc(N3CCCNCC3)n2)c1.[HH].[HH].[HH]. The Morgan fingerprint density at radius 1 is 1.29 bits per heavy atom. The topological polar surface area (TPSA) is 84.1 Å². The zero-order valence-electron chi connectivity index (χ0n) is 15.1. The number of aromatic nitrogens is 2. The van der Waals surface area contributed by atoms with Crippen molar-refractivity contribution >= 4 is 23.5 Å². The first-order valence-electron chi connectivity index (χ1n) is 8.77. The first kappa shape index (κ1) is 19.8. The highest BCUT2D eigenvalue weighted by atomic mass is 19.4. The Morgan fingerprint density at radius 2 is 2.07 bits per heavy atom. The Balaban J connectivity index is 0.00000300. The highest BCUT2D eigenvalue weighted by molar-refractivity contribution is 6.11. The molecule has 3 rings (SSSR count). The van der Waals surface area contributed by atoms with Crippen molar-refractivity contribution in [3.8, 4) is 0 Å². The number of hydrogen-bond donors (Lipinski definition) is 2. The quantitative estimate of drug-likeness (QED) is 0.769. The maximum atomic E-state index is 13.4. The van der Waals surface area contributed by atoms with Crippen molar-refractivity contribution < 1.29 is 22.2 Å². The van der Waals surface area contributed by atoms with E-state index in [1.54, 1.807) is 4.90 Å². The van der Waals surface area contributed by atoms with Gasteiger partial charge in [-0.3, -0.25) is 4.79 Å². The number of carbonyl (C=O) groups excluding carboxylic acids is 1. The number of ketones is 1. The summed E-state index contributed by atoms with van der Waals surface area (Å²) in [4.78, 5) is 22.8. The summed E-state index contributed by atoms with van der Waals surface area (Å²) in [5.74, 6) is -0.669. The maximum absolute atomic E-state index is 13.4. The maximum Gasteiger partial charge on any atom is 0.416 e. The third-order valence-corrected chi connectivity index (χ3v) is 4.46. The fourth-order valence-corrected chi connectivity index (χ4v) is 2.96. The highest BCUT2D eigenvalue weighted by Gasteiger charge is 2.33. The van der Waals surface area contributed by atoms with Gasteiger partial charge in [0.15, 0.2) is 0 Å². The van der Waals surface area contributed by atoms with Gasteiger partial charge >= 0.3 is 6.18 Å². The van der Waals surface area contributed by atoms with Gasteiger partial charge in [0.05, 0.1) is 11.1 Å². The number of nitrogen functional groups attached to an aromatic ring is 1. The van der Waals surface area contributed by atoms with Crippen LogP contribution in [0.2, 0.25) is 0 Å². The molecular weight excluding hydrogens is 371 g/mol. The largest absolute Gasteiger partial charge is 0.416 e. The minimum Gasteiger partial charge on any atom is -0.383 e. The van der Waals surface area contributed by atoms with Gasteiger partial charge in [-0.15, -0.1) is 0 Å². The summed E-state index contributed by atoms with van der Waals surface area (Å²) in [7, 11) is 0.